The fourth-order valence-electron chi connectivity index (χ4n) is 0.722. The van der Waals surface area contributed by atoms with Crippen molar-refractivity contribution in [2.24, 2.45) is 0 Å². The van der Waals surface area contributed by atoms with E-state index in [0.29, 0.717) is 0 Å². The van der Waals surface area contributed by atoms with Crippen LogP contribution in [0.5, 0.6) is 0 Å². The van der Waals surface area contributed by atoms with Crippen molar-refractivity contribution in [1.82, 2.24) is 0 Å². The summed E-state index contributed by atoms with van der Waals surface area (Å²) in [7, 11) is 0. The van der Waals surface area contributed by atoms with Crippen LogP contribution in [0.3, 0.4) is 0 Å². The fraction of sp³-hybridized carbons (Fsp3) is 1.00. The Labute approximate surface area is 200 Å². The van der Waals surface area contributed by atoms with E-state index in [2.05, 4.69) is 0 Å². The molecule has 0 bridgehead atoms. The van der Waals surface area contributed by atoms with Crippen molar-refractivity contribution in [3.05, 3.63) is 0 Å². The zero-order valence-electron chi connectivity index (χ0n) is 18.8. The normalized spacial score (nSPS) is 7.78. The second kappa shape index (κ2) is 71.1. The maximum atomic E-state index is 9.53. The molecule has 162 valence electrons. The van der Waals surface area contributed by atoms with Crippen molar-refractivity contribution in [3.63, 3.8) is 0 Å². The third-order valence-electron chi connectivity index (χ3n) is 2.49. The molecule has 0 saturated carbocycles. The molecule has 0 heterocycles. The van der Waals surface area contributed by atoms with Gasteiger partial charge in [-0.2, -0.15) is 0 Å². The molecule has 0 aromatic rings. The maximum absolute atomic E-state index is 9.53. The Morgan fingerprint density at radius 1 is 0.370 bits per heavy atom. The molecule has 0 fully saturated rings. The molecule has 0 spiro atoms. The van der Waals surface area contributed by atoms with Gasteiger partial charge in [-0.15, -0.1) is 33.0 Å². The molecule has 0 aliphatic heterocycles. The molecule has 0 aliphatic carbocycles. The van der Waals surface area contributed by atoms with E-state index in [1.807, 2.05) is 34.6 Å². The Morgan fingerprint density at radius 3 is 0.481 bits per heavy atom. The van der Waals surface area contributed by atoms with Gasteiger partial charge in [0.1, 0.15) is 0 Å². The van der Waals surface area contributed by atoms with Crippen molar-refractivity contribution in [2.75, 3.05) is 33.0 Å². The second-order valence-corrected chi connectivity index (χ2v) is 5.29. The van der Waals surface area contributed by atoms with Gasteiger partial charge in [0.2, 0.25) is 0 Å². The molecular weight excluding hydrogens is 507 g/mol. The Balaban J connectivity index is -0.0000000364. The summed E-state index contributed by atoms with van der Waals surface area (Å²) in [6.07, 6.45) is 9.32. The van der Waals surface area contributed by atoms with E-state index in [0.717, 1.165) is 64.2 Å². The minimum Gasteiger partial charge on any atom is -0.854 e. The Morgan fingerprint density at radius 2 is 0.481 bits per heavy atom. The van der Waals surface area contributed by atoms with Crippen LogP contribution in [0.2, 0.25) is 0 Å². The van der Waals surface area contributed by atoms with Gasteiger partial charge in [-0.25, -0.2) is 0 Å². The third kappa shape index (κ3) is 137. The van der Waals surface area contributed by atoms with Crippen molar-refractivity contribution < 1.29 is 45.0 Å². The SMILES string of the molecule is CCCC[O-].CCCC[O-].CCCC[O-].CCCC[O-].CCCC[O-].[Sb+3].[Zn+2]. The van der Waals surface area contributed by atoms with Crippen LogP contribution >= 0.6 is 0 Å². The molecule has 0 rings (SSSR count). The smallest absolute Gasteiger partial charge is 0.854 e. The van der Waals surface area contributed by atoms with Crippen LogP contribution < -0.4 is 25.5 Å². The summed E-state index contributed by atoms with van der Waals surface area (Å²) >= 11 is 0. The monoisotopic (exact) mass is 550 g/mol. The molecule has 5 nitrogen and oxygen atoms in total. The van der Waals surface area contributed by atoms with E-state index in [9.17, 15) is 25.5 Å². The van der Waals surface area contributed by atoms with Crippen molar-refractivity contribution in [3.8, 4) is 0 Å². The summed E-state index contributed by atoms with van der Waals surface area (Å²) in [6.45, 7) is 10.5. The van der Waals surface area contributed by atoms with Gasteiger partial charge < -0.3 is 25.5 Å². The first kappa shape index (κ1) is 46.4. The van der Waals surface area contributed by atoms with Gasteiger partial charge >= 0.3 is 43.9 Å². The first-order valence-corrected chi connectivity index (χ1v) is 9.98. The zero-order valence-corrected chi connectivity index (χ0v) is 24.3. The summed E-state index contributed by atoms with van der Waals surface area (Å²) in [5.74, 6) is 0. The van der Waals surface area contributed by atoms with Crippen LogP contribution in [-0.2, 0) is 19.5 Å². The first-order valence-electron chi connectivity index (χ1n) is 9.98. The van der Waals surface area contributed by atoms with Gasteiger partial charge in [0.25, 0.3) is 0 Å². The minimum absolute atomic E-state index is 0. The van der Waals surface area contributed by atoms with E-state index in [1.165, 1.54) is 0 Å². The molecule has 0 aromatic heterocycles. The summed E-state index contributed by atoms with van der Waals surface area (Å²) in [5.41, 5.74) is 0. The van der Waals surface area contributed by atoms with Gasteiger partial charge in [0.15, 0.2) is 0 Å². The summed E-state index contributed by atoms with van der Waals surface area (Å²) in [6, 6.07) is 0. The van der Waals surface area contributed by atoms with Crippen LogP contribution in [0, 0.1) is 0 Å². The van der Waals surface area contributed by atoms with Crippen LogP contribution in [0.15, 0.2) is 0 Å². The van der Waals surface area contributed by atoms with Crippen LogP contribution in [0.1, 0.15) is 98.8 Å². The molecule has 0 aliphatic rings. The van der Waals surface area contributed by atoms with Gasteiger partial charge in [-0.1, -0.05) is 98.8 Å². The summed E-state index contributed by atoms with van der Waals surface area (Å²) in [4.78, 5) is 0. The molecule has 0 N–H and O–H groups in total. The molecule has 0 unspecified atom stereocenters. The molecule has 7 heteroatoms. The van der Waals surface area contributed by atoms with Crippen molar-refractivity contribution in [2.45, 2.75) is 98.8 Å². The van der Waals surface area contributed by atoms with E-state index in [-0.39, 0.29) is 76.9 Å². The standard InChI is InChI=1S/5C4H9O.Sb.Zn/c5*1-2-3-4-5;;/h5*2-4H2,1H3;;/q5*-1;+3;+2. The Bertz CT molecular complexity index is 103. The number of hydrogen-bond donors (Lipinski definition) is 0. The molecule has 0 saturated heterocycles. The van der Waals surface area contributed by atoms with E-state index in [1.54, 1.807) is 0 Å². The van der Waals surface area contributed by atoms with Crippen LogP contribution in [-0.4, -0.2) is 57.5 Å². The Kier molecular flexibility index (Phi) is 122. The average molecular weight is 553 g/mol. The number of rotatable bonds is 10. The van der Waals surface area contributed by atoms with Crippen molar-refractivity contribution >= 4 is 24.4 Å². The predicted octanol–water partition coefficient (Wildman–Crippen LogP) is 0.351. The van der Waals surface area contributed by atoms with Gasteiger partial charge in [0, 0.05) is 0 Å². The first-order chi connectivity index (χ1) is 12.1. The van der Waals surface area contributed by atoms with Crippen LogP contribution in [0.4, 0.5) is 0 Å². The van der Waals surface area contributed by atoms with Gasteiger partial charge in [-0.05, 0) is 0 Å². The van der Waals surface area contributed by atoms with Gasteiger partial charge in [0.05, 0.1) is 0 Å². The van der Waals surface area contributed by atoms with Crippen LogP contribution in [0.25, 0.3) is 0 Å². The maximum Gasteiger partial charge on any atom is 3.00 e. The van der Waals surface area contributed by atoms with Gasteiger partial charge in [-0.3, -0.25) is 0 Å². The topological polar surface area (TPSA) is 115 Å². The van der Waals surface area contributed by atoms with E-state index in [4.69, 9.17) is 0 Å². The average Bonchev–Trinajstić information content (AvgIpc) is 2.61. The molecule has 27 heavy (non-hydrogen) atoms. The third-order valence-corrected chi connectivity index (χ3v) is 2.49. The number of unbranched alkanes of at least 4 members (excludes halogenated alkanes) is 5. The van der Waals surface area contributed by atoms with E-state index >= 15 is 0 Å². The Hall–Kier alpha value is 1.24. The fourth-order valence-corrected chi connectivity index (χ4v) is 0.722. The zero-order chi connectivity index (χ0) is 20.6. The molecular formula is C20H45O5SbZn. The second-order valence-electron chi connectivity index (χ2n) is 5.29. The van der Waals surface area contributed by atoms with E-state index < -0.39 is 0 Å². The number of hydrogen-bond acceptors (Lipinski definition) is 5. The summed E-state index contributed by atoms with van der Waals surface area (Å²) in [5, 5.41) is 47.6. The molecule has 0 amide bonds. The van der Waals surface area contributed by atoms with Crippen molar-refractivity contribution in [1.29, 1.82) is 0 Å². The largest absolute Gasteiger partial charge is 3.00 e. The predicted molar refractivity (Wildman–Crippen MR) is 105 cm³/mol. The summed E-state index contributed by atoms with van der Waals surface area (Å²) < 4.78 is 0. The molecule has 0 aromatic carbocycles. The molecule has 2 radical (unpaired) electrons. The molecule has 0 atom stereocenters. The minimum atomic E-state index is 0. The quantitative estimate of drug-likeness (QED) is 0.363.